The largest absolute Gasteiger partial charge is 0.453 e. The van der Waals surface area contributed by atoms with Crippen LogP contribution in [0.2, 0.25) is 0 Å². The SMILES string of the molecule is COC(=O)Nc1ccc(CNC(=O)/C=C/c2ccc(Oc3cccnc3)c(F)c2)cc1. The lowest BCUT2D eigenvalue weighted by molar-refractivity contribution is -0.116. The number of carbonyl (C=O) groups excluding carboxylic acids is 2. The fraction of sp³-hybridized carbons (Fsp3) is 0.0870. The normalized spacial score (nSPS) is 10.5. The van der Waals surface area contributed by atoms with Crippen LogP contribution >= 0.6 is 0 Å². The average Bonchev–Trinajstić information content (AvgIpc) is 2.79. The highest BCUT2D eigenvalue weighted by Crippen LogP contribution is 2.24. The van der Waals surface area contributed by atoms with Gasteiger partial charge in [0.25, 0.3) is 0 Å². The summed E-state index contributed by atoms with van der Waals surface area (Å²) in [6.45, 7) is 0.300. The number of amides is 2. The number of hydrogen-bond acceptors (Lipinski definition) is 5. The number of hydrogen-bond donors (Lipinski definition) is 2. The second-order valence-electron chi connectivity index (χ2n) is 6.35. The highest BCUT2D eigenvalue weighted by molar-refractivity contribution is 5.91. The first-order valence-electron chi connectivity index (χ1n) is 9.31. The molecule has 0 radical (unpaired) electrons. The Hall–Kier alpha value is -4.20. The first kappa shape index (κ1) is 21.5. The van der Waals surface area contributed by atoms with Crippen LogP contribution in [0.25, 0.3) is 6.08 Å². The molecule has 0 unspecified atom stereocenters. The van der Waals surface area contributed by atoms with Gasteiger partial charge in [0.15, 0.2) is 11.6 Å². The molecule has 0 aliphatic rings. The molecule has 2 aromatic carbocycles. The highest BCUT2D eigenvalue weighted by Gasteiger charge is 2.06. The summed E-state index contributed by atoms with van der Waals surface area (Å²) in [6.07, 6.45) is 5.36. The third-order valence-electron chi connectivity index (χ3n) is 4.10. The Labute approximate surface area is 178 Å². The van der Waals surface area contributed by atoms with Gasteiger partial charge in [-0.2, -0.15) is 0 Å². The van der Waals surface area contributed by atoms with Gasteiger partial charge in [-0.15, -0.1) is 0 Å². The van der Waals surface area contributed by atoms with Gasteiger partial charge in [0.2, 0.25) is 5.91 Å². The molecule has 3 aromatic rings. The fourth-order valence-corrected chi connectivity index (χ4v) is 2.53. The fourth-order valence-electron chi connectivity index (χ4n) is 2.53. The van der Waals surface area contributed by atoms with Gasteiger partial charge in [-0.3, -0.25) is 15.1 Å². The maximum absolute atomic E-state index is 14.3. The third kappa shape index (κ3) is 6.67. The Morgan fingerprint density at radius 1 is 1.13 bits per heavy atom. The first-order chi connectivity index (χ1) is 15.0. The second kappa shape index (κ2) is 10.5. The van der Waals surface area contributed by atoms with Crippen LogP contribution in [-0.2, 0) is 16.1 Å². The minimum atomic E-state index is -0.556. The maximum Gasteiger partial charge on any atom is 0.411 e. The van der Waals surface area contributed by atoms with Crippen LogP contribution in [0.4, 0.5) is 14.9 Å². The van der Waals surface area contributed by atoms with Crippen molar-refractivity contribution in [2.24, 2.45) is 0 Å². The standard InChI is InChI=1S/C23H20FN3O4/c1-30-23(29)27-18-8-4-17(5-9-18)14-26-22(28)11-7-16-6-10-21(20(24)13-16)31-19-3-2-12-25-15-19/h2-13,15H,14H2,1H3,(H,26,28)(H,27,29)/b11-7+. The molecule has 0 bridgehead atoms. The van der Waals surface area contributed by atoms with Crippen molar-refractivity contribution in [3.63, 3.8) is 0 Å². The Morgan fingerprint density at radius 2 is 1.94 bits per heavy atom. The van der Waals surface area contributed by atoms with Crippen molar-refractivity contribution in [2.75, 3.05) is 12.4 Å². The van der Waals surface area contributed by atoms with Crippen molar-refractivity contribution < 1.29 is 23.5 Å². The molecule has 2 N–H and O–H groups in total. The van der Waals surface area contributed by atoms with Crippen molar-refractivity contribution in [1.82, 2.24) is 10.3 Å². The van der Waals surface area contributed by atoms with Gasteiger partial charge in [-0.25, -0.2) is 9.18 Å². The quantitative estimate of drug-likeness (QED) is 0.548. The summed E-state index contributed by atoms with van der Waals surface area (Å²) >= 11 is 0. The highest BCUT2D eigenvalue weighted by atomic mass is 19.1. The first-order valence-corrected chi connectivity index (χ1v) is 9.31. The Kier molecular flexibility index (Phi) is 7.31. The number of anilines is 1. The number of pyridine rings is 1. The molecule has 1 heterocycles. The van der Waals surface area contributed by atoms with Crippen molar-refractivity contribution in [3.05, 3.63) is 90.0 Å². The number of carbonyl (C=O) groups is 2. The third-order valence-corrected chi connectivity index (χ3v) is 4.10. The van der Waals surface area contributed by atoms with Gasteiger partial charge < -0.3 is 14.8 Å². The summed E-state index contributed by atoms with van der Waals surface area (Å²) in [4.78, 5) is 27.1. The van der Waals surface area contributed by atoms with E-state index in [1.165, 1.54) is 37.6 Å². The van der Waals surface area contributed by atoms with E-state index in [1.807, 2.05) is 0 Å². The molecule has 2 amide bonds. The number of nitrogens with one attached hydrogen (secondary N) is 2. The van der Waals surface area contributed by atoms with Crippen LogP contribution in [0.1, 0.15) is 11.1 Å². The molecule has 0 saturated carbocycles. The van der Waals surface area contributed by atoms with Gasteiger partial charge in [0.1, 0.15) is 5.75 Å². The molecule has 7 nitrogen and oxygen atoms in total. The molecule has 0 fully saturated rings. The summed E-state index contributed by atoms with van der Waals surface area (Å²) in [5.74, 6) is -0.377. The van der Waals surface area contributed by atoms with Gasteiger partial charge in [-0.05, 0) is 53.6 Å². The molecule has 0 aliphatic carbocycles. The molecule has 158 valence electrons. The van der Waals surface area contributed by atoms with Crippen molar-refractivity contribution in [2.45, 2.75) is 6.54 Å². The van der Waals surface area contributed by atoms with E-state index in [0.717, 1.165) is 5.56 Å². The number of nitrogens with zero attached hydrogens (tertiary/aromatic N) is 1. The van der Waals surface area contributed by atoms with Crippen LogP contribution in [-0.4, -0.2) is 24.1 Å². The van der Waals surface area contributed by atoms with E-state index >= 15 is 0 Å². The summed E-state index contributed by atoms with van der Waals surface area (Å²) < 4.78 is 24.2. The van der Waals surface area contributed by atoms with Crippen LogP contribution in [0.5, 0.6) is 11.5 Å². The smallest absolute Gasteiger partial charge is 0.411 e. The van der Waals surface area contributed by atoms with Crippen LogP contribution in [0, 0.1) is 5.82 Å². The van der Waals surface area contributed by atoms with Gasteiger partial charge >= 0.3 is 6.09 Å². The van der Waals surface area contributed by atoms with E-state index in [0.29, 0.717) is 23.5 Å². The van der Waals surface area contributed by atoms with Crippen LogP contribution < -0.4 is 15.4 Å². The average molecular weight is 421 g/mol. The summed E-state index contributed by atoms with van der Waals surface area (Å²) in [6, 6.07) is 14.7. The zero-order valence-electron chi connectivity index (χ0n) is 16.7. The van der Waals surface area contributed by atoms with Gasteiger partial charge in [0.05, 0.1) is 13.3 Å². The van der Waals surface area contributed by atoms with E-state index in [4.69, 9.17) is 4.74 Å². The van der Waals surface area contributed by atoms with E-state index < -0.39 is 11.9 Å². The Balaban J connectivity index is 1.51. The second-order valence-corrected chi connectivity index (χ2v) is 6.35. The number of methoxy groups -OCH3 is 1. The number of rotatable bonds is 7. The van der Waals surface area contributed by atoms with E-state index in [1.54, 1.807) is 48.7 Å². The topological polar surface area (TPSA) is 89.6 Å². The molecule has 0 atom stereocenters. The molecule has 3 rings (SSSR count). The lowest BCUT2D eigenvalue weighted by atomic mass is 10.2. The minimum Gasteiger partial charge on any atom is -0.453 e. The van der Waals surface area contributed by atoms with E-state index in [2.05, 4.69) is 20.4 Å². The van der Waals surface area contributed by atoms with Crippen molar-refractivity contribution >= 4 is 23.8 Å². The number of ether oxygens (including phenoxy) is 2. The molecule has 0 aliphatic heterocycles. The van der Waals surface area contributed by atoms with Gasteiger partial charge in [-0.1, -0.05) is 18.2 Å². The zero-order chi connectivity index (χ0) is 22.1. The minimum absolute atomic E-state index is 0.0692. The predicted octanol–water partition coefficient (Wildman–Crippen LogP) is 4.52. The number of halogens is 1. The Morgan fingerprint density at radius 3 is 2.61 bits per heavy atom. The Bertz CT molecular complexity index is 1070. The molecular formula is C23H20FN3O4. The number of benzene rings is 2. The number of aromatic nitrogens is 1. The molecule has 31 heavy (non-hydrogen) atoms. The summed E-state index contributed by atoms with van der Waals surface area (Å²) in [7, 11) is 1.28. The van der Waals surface area contributed by atoms with Gasteiger partial charge in [0, 0.05) is 24.5 Å². The van der Waals surface area contributed by atoms with Crippen LogP contribution in [0.15, 0.2) is 73.1 Å². The van der Waals surface area contributed by atoms with E-state index in [-0.39, 0.29) is 11.7 Å². The molecule has 8 heteroatoms. The van der Waals surface area contributed by atoms with Crippen LogP contribution in [0.3, 0.4) is 0 Å². The molecule has 0 spiro atoms. The van der Waals surface area contributed by atoms with Crippen molar-refractivity contribution in [3.8, 4) is 11.5 Å². The molecule has 0 saturated heterocycles. The lowest BCUT2D eigenvalue weighted by Crippen LogP contribution is -2.20. The monoisotopic (exact) mass is 421 g/mol. The lowest BCUT2D eigenvalue weighted by Gasteiger charge is -2.07. The summed E-state index contributed by atoms with van der Waals surface area (Å²) in [5.41, 5.74) is 1.95. The molecular weight excluding hydrogens is 401 g/mol. The predicted molar refractivity (Wildman–Crippen MR) is 114 cm³/mol. The van der Waals surface area contributed by atoms with E-state index in [9.17, 15) is 14.0 Å². The summed E-state index contributed by atoms with van der Waals surface area (Å²) in [5, 5.41) is 5.28. The van der Waals surface area contributed by atoms with Crippen molar-refractivity contribution in [1.29, 1.82) is 0 Å². The zero-order valence-corrected chi connectivity index (χ0v) is 16.7. The maximum atomic E-state index is 14.3. The molecule has 1 aromatic heterocycles.